The molecule has 33 heavy (non-hydrogen) atoms. The Morgan fingerprint density at radius 1 is 1.30 bits per heavy atom. The first-order valence-electron chi connectivity index (χ1n) is 12.2. The molecule has 1 saturated heterocycles. The van der Waals surface area contributed by atoms with Crippen molar-refractivity contribution in [1.29, 1.82) is 0 Å². The maximum atomic E-state index is 13.8. The van der Waals surface area contributed by atoms with Crippen molar-refractivity contribution in [3.05, 3.63) is 30.1 Å². The van der Waals surface area contributed by atoms with Gasteiger partial charge in [0.2, 0.25) is 11.8 Å². The van der Waals surface area contributed by atoms with Crippen molar-refractivity contribution in [3.8, 4) is 0 Å². The van der Waals surface area contributed by atoms with Gasteiger partial charge in [-0.25, -0.2) is 10.5 Å². The monoisotopic (exact) mass is 455 g/mol. The average Bonchev–Trinajstić information content (AvgIpc) is 3.30. The first-order valence-corrected chi connectivity index (χ1v) is 12.2. The van der Waals surface area contributed by atoms with Crippen LogP contribution in [-0.2, 0) is 16.1 Å². The third-order valence-corrected chi connectivity index (χ3v) is 7.31. The van der Waals surface area contributed by atoms with Gasteiger partial charge in [-0.15, -0.1) is 0 Å². The van der Waals surface area contributed by atoms with Gasteiger partial charge in [0.25, 0.3) is 0 Å². The maximum absolute atomic E-state index is 13.8. The Hall–Kier alpha value is -2.45. The van der Waals surface area contributed by atoms with Crippen LogP contribution in [0, 0.1) is 11.3 Å². The number of hydroxylamine groups is 1. The smallest absolute Gasteiger partial charge is 0.244 e. The Morgan fingerprint density at radius 3 is 2.73 bits per heavy atom. The number of benzene rings is 1. The second-order valence-electron chi connectivity index (χ2n) is 10.2. The number of nitrogens with one attached hydrogen (secondary N) is 1. The molecule has 1 saturated carbocycles. The van der Waals surface area contributed by atoms with Gasteiger partial charge in [0, 0.05) is 32.0 Å². The van der Waals surface area contributed by atoms with Crippen molar-refractivity contribution in [3.63, 3.8) is 0 Å². The van der Waals surface area contributed by atoms with E-state index in [1.807, 2.05) is 23.1 Å². The molecule has 1 aliphatic heterocycles. The van der Waals surface area contributed by atoms with E-state index in [1.54, 1.807) is 5.48 Å². The highest BCUT2D eigenvalue weighted by atomic mass is 16.5. The molecule has 2 aliphatic rings. The minimum Gasteiger partial charge on any atom is -0.332 e. The average molecular weight is 456 g/mol. The van der Waals surface area contributed by atoms with Crippen molar-refractivity contribution in [2.24, 2.45) is 11.3 Å². The number of hydrogen-bond donors (Lipinski definition) is 2. The van der Waals surface area contributed by atoms with Crippen LogP contribution in [0.15, 0.2) is 24.3 Å². The van der Waals surface area contributed by atoms with E-state index in [2.05, 4.69) is 36.6 Å². The number of nitrogens with zero attached hydrogens (tertiary/aromatic N) is 4. The Bertz CT molecular complexity index is 997. The Labute approximate surface area is 195 Å². The first kappa shape index (κ1) is 23.7. The molecule has 1 aromatic carbocycles. The summed E-state index contributed by atoms with van der Waals surface area (Å²) in [6, 6.07) is 8.09. The SMILES string of the molecule is CCCC[C@H](CC(=O)NO)C(=O)N1CC2(CC2)C[C@H]1c1nc2ccccc2n1CCN(C)C. The lowest BCUT2D eigenvalue weighted by Gasteiger charge is -2.29. The number of aromatic nitrogens is 2. The molecule has 2 aromatic rings. The number of carbonyl (C=O) groups is 2. The highest BCUT2D eigenvalue weighted by molar-refractivity contribution is 5.86. The van der Waals surface area contributed by atoms with E-state index in [-0.39, 0.29) is 23.8 Å². The van der Waals surface area contributed by atoms with Crippen molar-refractivity contribution >= 4 is 22.8 Å². The molecule has 1 aromatic heterocycles. The summed E-state index contributed by atoms with van der Waals surface area (Å²) in [4.78, 5) is 35.0. The van der Waals surface area contributed by atoms with Crippen LogP contribution < -0.4 is 5.48 Å². The lowest BCUT2D eigenvalue weighted by Crippen LogP contribution is -2.39. The van der Waals surface area contributed by atoms with E-state index in [0.29, 0.717) is 6.42 Å². The zero-order valence-electron chi connectivity index (χ0n) is 20.1. The van der Waals surface area contributed by atoms with Crippen LogP contribution in [0.1, 0.15) is 63.7 Å². The summed E-state index contributed by atoms with van der Waals surface area (Å²) >= 11 is 0. The number of likely N-dealkylation sites (tertiary alicyclic amines) is 1. The molecule has 2 fully saturated rings. The summed E-state index contributed by atoms with van der Waals surface area (Å²) in [5.74, 6) is 0.0516. The van der Waals surface area contributed by atoms with Crippen LogP contribution in [-0.4, -0.2) is 63.6 Å². The minimum atomic E-state index is -0.500. The largest absolute Gasteiger partial charge is 0.332 e. The molecule has 2 amide bonds. The molecule has 1 spiro atoms. The molecule has 0 radical (unpaired) electrons. The number of carbonyl (C=O) groups excluding carboxylic acids is 2. The molecule has 2 atom stereocenters. The zero-order chi connectivity index (χ0) is 23.6. The molecular weight excluding hydrogens is 418 g/mol. The predicted octanol–water partition coefficient (Wildman–Crippen LogP) is 3.35. The molecule has 2 heterocycles. The normalized spacial score (nSPS) is 20.0. The zero-order valence-corrected chi connectivity index (χ0v) is 20.1. The number of rotatable bonds is 10. The number of unbranched alkanes of at least 4 members (excludes halogenated alkanes) is 1. The van der Waals surface area contributed by atoms with Gasteiger partial charge in [-0.2, -0.15) is 0 Å². The number of likely N-dealkylation sites (N-methyl/N-ethyl adjacent to an activating group) is 1. The van der Waals surface area contributed by atoms with Gasteiger partial charge < -0.3 is 14.4 Å². The van der Waals surface area contributed by atoms with Gasteiger partial charge in [0.1, 0.15) is 5.82 Å². The summed E-state index contributed by atoms with van der Waals surface area (Å²) in [6.45, 7) is 4.50. The van der Waals surface area contributed by atoms with Gasteiger partial charge in [-0.05, 0) is 57.3 Å². The van der Waals surface area contributed by atoms with Crippen molar-refractivity contribution in [2.45, 2.75) is 64.5 Å². The molecule has 180 valence electrons. The summed E-state index contributed by atoms with van der Waals surface area (Å²) in [6.07, 6.45) is 5.71. The predicted molar refractivity (Wildman–Crippen MR) is 127 cm³/mol. The quantitative estimate of drug-likeness (QED) is 0.424. The van der Waals surface area contributed by atoms with E-state index in [9.17, 15) is 9.59 Å². The van der Waals surface area contributed by atoms with Crippen LogP contribution >= 0.6 is 0 Å². The Morgan fingerprint density at radius 2 is 2.06 bits per heavy atom. The molecule has 2 N–H and O–H groups in total. The molecule has 8 nitrogen and oxygen atoms in total. The van der Waals surface area contributed by atoms with E-state index in [0.717, 1.165) is 68.6 Å². The van der Waals surface area contributed by atoms with Gasteiger partial charge in [0.05, 0.1) is 17.1 Å². The van der Waals surface area contributed by atoms with Crippen molar-refractivity contribution in [2.75, 3.05) is 27.2 Å². The molecule has 1 aliphatic carbocycles. The number of para-hydroxylation sites is 2. The topological polar surface area (TPSA) is 90.7 Å². The standard InChI is InChI=1S/C25H37N5O3/c1-4-5-8-18(15-22(31)27-33)24(32)30-17-25(11-12-25)16-21(30)23-26-19-9-6-7-10-20(19)29(23)14-13-28(2)3/h6-7,9-10,18,21,33H,4-5,8,11-17H2,1-3H3,(H,27,31)/t18-,21+/m1/s1. The van der Waals surface area contributed by atoms with Gasteiger partial charge >= 0.3 is 0 Å². The maximum Gasteiger partial charge on any atom is 0.244 e. The third kappa shape index (κ3) is 5.06. The second-order valence-corrected chi connectivity index (χ2v) is 10.2. The van der Waals surface area contributed by atoms with Crippen LogP contribution in [0.4, 0.5) is 0 Å². The van der Waals surface area contributed by atoms with Crippen molar-refractivity contribution < 1.29 is 14.8 Å². The first-order chi connectivity index (χ1) is 15.9. The fraction of sp³-hybridized carbons (Fsp3) is 0.640. The van der Waals surface area contributed by atoms with Crippen molar-refractivity contribution in [1.82, 2.24) is 24.8 Å². The van der Waals surface area contributed by atoms with Gasteiger partial charge in [-0.3, -0.25) is 14.8 Å². The fourth-order valence-corrected chi connectivity index (χ4v) is 5.21. The van der Waals surface area contributed by atoms with E-state index >= 15 is 0 Å². The van der Waals surface area contributed by atoms with Crippen LogP contribution in [0.5, 0.6) is 0 Å². The van der Waals surface area contributed by atoms with E-state index in [4.69, 9.17) is 10.2 Å². The molecule has 4 rings (SSSR count). The summed E-state index contributed by atoms with van der Waals surface area (Å²) in [7, 11) is 4.13. The van der Waals surface area contributed by atoms with E-state index in [1.165, 1.54) is 0 Å². The highest BCUT2D eigenvalue weighted by Gasteiger charge is 2.55. The molecule has 0 bridgehead atoms. The summed E-state index contributed by atoms with van der Waals surface area (Å²) in [5, 5.41) is 9.06. The van der Waals surface area contributed by atoms with E-state index < -0.39 is 11.8 Å². The molecular formula is C25H37N5O3. The number of amides is 2. The molecule has 0 unspecified atom stereocenters. The lowest BCUT2D eigenvalue weighted by atomic mass is 9.96. The summed E-state index contributed by atoms with van der Waals surface area (Å²) < 4.78 is 2.28. The van der Waals surface area contributed by atoms with Gasteiger partial charge in [-0.1, -0.05) is 31.9 Å². The summed E-state index contributed by atoms with van der Waals surface area (Å²) in [5.41, 5.74) is 3.96. The fourth-order valence-electron chi connectivity index (χ4n) is 5.21. The third-order valence-electron chi connectivity index (χ3n) is 7.31. The number of hydrogen-bond acceptors (Lipinski definition) is 5. The minimum absolute atomic E-state index is 0.0165. The number of imidazole rings is 1. The van der Waals surface area contributed by atoms with Crippen LogP contribution in [0.2, 0.25) is 0 Å². The molecule has 8 heteroatoms. The highest BCUT2D eigenvalue weighted by Crippen LogP contribution is 2.58. The number of fused-ring (bicyclic) bond motifs is 1. The second kappa shape index (κ2) is 9.81. The lowest BCUT2D eigenvalue weighted by molar-refractivity contribution is -0.141. The Balaban J connectivity index is 1.68. The van der Waals surface area contributed by atoms with Gasteiger partial charge in [0.15, 0.2) is 0 Å². The van der Waals surface area contributed by atoms with Crippen LogP contribution in [0.25, 0.3) is 11.0 Å². The Kier molecular flexibility index (Phi) is 7.05. The van der Waals surface area contributed by atoms with Crippen LogP contribution in [0.3, 0.4) is 0 Å².